The molecule has 9 heteroatoms. The average Bonchev–Trinajstić information content (AvgIpc) is 3.31. The summed E-state index contributed by atoms with van der Waals surface area (Å²) in [7, 11) is 0. The fourth-order valence-corrected chi connectivity index (χ4v) is 3.96. The van der Waals surface area contributed by atoms with Crippen LogP contribution in [0.25, 0.3) is 6.08 Å². The summed E-state index contributed by atoms with van der Waals surface area (Å²) in [6.07, 6.45) is 4.34. The number of hydrogen-bond donors (Lipinski definition) is 0. The van der Waals surface area contributed by atoms with Gasteiger partial charge in [0, 0.05) is 29.1 Å². The lowest BCUT2D eigenvalue weighted by Crippen LogP contribution is -2.28. The van der Waals surface area contributed by atoms with Crippen LogP contribution in [0, 0.1) is 0 Å². The van der Waals surface area contributed by atoms with Gasteiger partial charge in [0.2, 0.25) is 5.91 Å². The van der Waals surface area contributed by atoms with Crippen LogP contribution >= 0.6 is 11.3 Å². The Hall–Kier alpha value is -2.55. The smallest absolute Gasteiger partial charge is 0.387 e. The van der Waals surface area contributed by atoms with Gasteiger partial charge in [0.25, 0.3) is 0 Å². The van der Waals surface area contributed by atoms with Gasteiger partial charge in [0.1, 0.15) is 11.5 Å². The Kier molecular flexibility index (Phi) is 6.56. The molecule has 28 heavy (non-hydrogen) atoms. The van der Waals surface area contributed by atoms with Crippen molar-refractivity contribution < 1.29 is 31.8 Å². The predicted molar refractivity (Wildman–Crippen MR) is 96.7 cm³/mol. The summed E-state index contributed by atoms with van der Waals surface area (Å²) in [6.45, 7) is -5.63. The molecule has 0 spiro atoms. The zero-order valence-corrected chi connectivity index (χ0v) is 15.4. The third-order valence-electron chi connectivity index (χ3n) is 4.24. The minimum absolute atomic E-state index is 0.00393. The van der Waals surface area contributed by atoms with E-state index in [1.165, 1.54) is 24.3 Å². The van der Waals surface area contributed by atoms with Gasteiger partial charge in [-0.15, -0.1) is 11.3 Å². The molecule has 2 heterocycles. The van der Waals surface area contributed by atoms with E-state index in [1.54, 1.807) is 16.2 Å². The molecule has 1 unspecified atom stereocenters. The number of carbonyl (C=O) groups is 1. The molecule has 0 bridgehead atoms. The largest absolute Gasteiger partial charge is 0.435 e. The molecular formula is C19H17F4NO3S. The highest BCUT2D eigenvalue weighted by Gasteiger charge is 2.29. The second-order valence-corrected chi connectivity index (χ2v) is 6.97. The normalized spacial score (nSPS) is 17.1. The maximum absolute atomic E-state index is 12.6. The molecule has 1 aliphatic rings. The summed E-state index contributed by atoms with van der Waals surface area (Å²) in [4.78, 5) is 15.4. The molecule has 0 radical (unpaired) electrons. The lowest BCUT2D eigenvalue weighted by atomic mass is 10.1. The van der Waals surface area contributed by atoms with Crippen molar-refractivity contribution >= 4 is 23.3 Å². The van der Waals surface area contributed by atoms with Gasteiger partial charge in [-0.05, 0) is 42.5 Å². The molecule has 1 aromatic carbocycles. The Balaban J connectivity index is 1.77. The van der Waals surface area contributed by atoms with E-state index < -0.39 is 13.2 Å². The second-order valence-electron chi connectivity index (χ2n) is 6.00. The SMILES string of the molecule is O=C(/C=C/c1ccc(OC(F)F)cc1OC(F)F)N1CCCC1c1cccs1. The quantitative estimate of drug-likeness (QED) is 0.453. The van der Waals surface area contributed by atoms with Gasteiger partial charge >= 0.3 is 13.2 Å². The molecular weight excluding hydrogens is 398 g/mol. The number of carbonyl (C=O) groups excluding carboxylic acids is 1. The molecule has 2 aromatic rings. The van der Waals surface area contributed by atoms with Crippen molar-refractivity contribution in [2.24, 2.45) is 0 Å². The summed E-state index contributed by atoms with van der Waals surface area (Å²) in [5, 5.41) is 1.95. The number of rotatable bonds is 7. The lowest BCUT2D eigenvalue weighted by Gasteiger charge is -2.22. The highest BCUT2D eigenvalue weighted by Crippen LogP contribution is 2.35. The van der Waals surface area contributed by atoms with Crippen LogP contribution in [0.3, 0.4) is 0 Å². The monoisotopic (exact) mass is 415 g/mol. The highest BCUT2D eigenvalue weighted by molar-refractivity contribution is 7.10. The van der Waals surface area contributed by atoms with E-state index in [0.717, 1.165) is 23.8 Å². The van der Waals surface area contributed by atoms with E-state index in [-0.39, 0.29) is 29.0 Å². The molecule has 1 amide bonds. The van der Waals surface area contributed by atoms with Gasteiger partial charge in [-0.1, -0.05) is 6.07 Å². The number of alkyl halides is 4. The summed E-state index contributed by atoms with van der Waals surface area (Å²) >= 11 is 1.57. The van der Waals surface area contributed by atoms with E-state index in [1.807, 2.05) is 17.5 Å². The summed E-state index contributed by atoms with van der Waals surface area (Å²) < 4.78 is 58.5. The van der Waals surface area contributed by atoms with Crippen molar-refractivity contribution in [3.8, 4) is 11.5 Å². The Labute approximate surface area is 163 Å². The molecule has 1 fully saturated rings. The zero-order chi connectivity index (χ0) is 20.1. The van der Waals surface area contributed by atoms with Crippen molar-refractivity contribution in [1.82, 2.24) is 4.90 Å². The average molecular weight is 415 g/mol. The number of likely N-dealkylation sites (tertiary alicyclic amines) is 1. The van der Waals surface area contributed by atoms with Crippen LogP contribution in [0.2, 0.25) is 0 Å². The zero-order valence-electron chi connectivity index (χ0n) is 14.6. The van der Waals surface area contributed by atoms with Crippen molar-refractivity contribution in [2.45, 2.75) is 32.1 Å². The van der Waals surface area contributed by atoms with Crippen LogP contribution in [0.1, 0.15) is 29.3 Å². The molecule has 3 rings (SSSR count). The van der Waals surface area contributed by atoms with Crippen molar-refractivity contribution in [1.29, 1.82) is 0 Å². The summed E-state index contributed by atoms with van der Waals surface area (Å²) in [6, 6.07) is 7.30. The van der Waals surface area contributed by atoms with Crippen molar-refractivity contribution in [3.05, 3.63) is 52.2 Å². The maximum atomic E-state index is 12.6. The minimum atomic E-state index is -3.15. The Bertz CT molecular complexity index is 827. The maximum Gasteiger partial charge on any atom is 0.387 e. The number of thiophene rings is 1. The predicted octanol–water partition coefficient (Wildman–Crippen LogP) is 5.33. The third kappa shape index (κ3) is 5.03. The molecule has 4 nitrogen and oxygen atoms in total. The van der Waals surface area contributed by atoms with E-state index in [0.29, 0.717) is 6.54 Å². The number of nitrogens with zero attached hydrogens (tertiary/aromatic N) is 1. The standard InChI is InChI=1S/C19H17F4NO3S/c20-18(21)26-13-7-5-12(15(11-13)27-19(22)23)6-8-17(25)24-9-1-3-14(24)16-4-2-10-28-16/h2,4-8,10-11,14,18-19H,1,3,9H2/b8-6+. The highest BCUT2D eigenvalue weighted by atomic mass is 32.1. The van der Waals surface area contributed by atoms with Crippen molar-refractivity contribution in [2.75, 3.05) is 6.54 Å². The van der Waals surface area contributed by atoms with Crippen LogP contribution in [-0.2, 0) is 4.79 Å². The van der Waals surface area contributed by atoms with E-state index >= 15 is 0 Å². The summed E-state index contributed by atoms with van der Waals surface area (Å²) in [5.41, 5.74) is 0.155. The number of hydrogen-bond acceptors (Lipinski definition) is 4. The minimum Gasteiger partial charge on any atom is -0.435 e. The first-order valence-corrected chi connectivity index (χ1v) is 9.38. The Morgan fingerprint density at radius 3 is 2.64 bits per heavy atom. The Morgan fingerprint density at radius 1 is 1.18 bits per heavy atom. The van der Waals surface area contributed by atoms with Gasteiger partial charge in [-0.2, -0.15) is 17.6 Å². The first-order valence-electron chi connectivity index (χ1n) is 8.50. The lowest BCUT2D eigenvalue weighted by molar-refractivity contribution is -0.126. The van der Waals surface area contributed by atoms with E-state index in [4.69, 9.17) is 0 Å². The molecule has 150 valence electrons. The number of ether oxygens (including phenoxy) is 2. The molecule has 1 atom stereocenters. The number of amides is 1. The number of benzene rings is 1. The van der Waals surface area contributed by atoms with Gasteiger partial charge in [-0.3, -0.25) is 4.79 Å². The van der Waals surface area contributed by atoms with Gasteiger partial charge in [-0.25, -0.2) is 0 Å². The second kappa shape index (κ2) is 9.09. The first kappa shape index (κ1) is 20.2. The van der Waals surface area contributed by atoms with Crippen LogP contribution in [0.15, 0.2) is 41.8 Å². The molecule has 0 N–H and O–H groups in total. The van der Waals surface area contributed by atoms with Gasteiger partial charge in [0.15, 0.2) is 0 Å². The number of halogens is 4. The van der Waals surface area contributed by atoms with Crippen LogP contribution < -0.4 is 9.47 Å². The molecule has 1 aromatic heterocycles. The topological polar surface area (TPSA) is 38.8 Å². The van der Waals surface area contributed by atoms with Gasteiger partial charge < -0.3 is 14.4 Å². The molecule has 1 aliphatic heterocycles. The third-order valence-corrected chi connectivity index (χ3v) is 5.21. The van der Waals surface area contributed by atoms with Crippen LogP contribution in [-0.4, -0.2) is 30.6 Å². The van der Waals surface area contributed by atoms with Crippen LogP contribution in [0.5, 0.6) is 11.5 Å². The van der Waals surface area contributed by atoms with Crippen LogP contribution in [0.4, 0.5) is 17.6 Å². The van der Waals surface area contributed by atoms with E-state index in [9.17, 15) is 22.4 Å². The fraction of sp³-hybridized carbons (Fsp3) is 0.316. The molecule has 0 aliphatic carbocycles. The van der Waals surface area contributed by atoms with Gasteiger partial charge in [0.05, 0.1) is 6.04 Å². The van der Waals surface area contributed by atoms with Crippen molar-refractivity contribution in [3.63, 3.8) is 0 Å². The molecule has 1 saturated heterocycles. The Morgan fingerprint density at radius 2 is 1.96 bits per heavy atom. The molecule has 0 saturated carbocycles. The van der Waals surface area contributed by atoms with E-state index in [2.05, 4.69) is 9.47 Å². The first-order chi connectivity index (χ1) is 13.4. The summed E-state index contributed by atoms with van der Waals surface area (Å²) in [5.74, 6) is -0.924. The fourth-order valence-electron chi connectivity index (χ4n) is 3.09.